The molecule has 10 aromatic carbocycles. The molecule has 238 valence electrons. The largest absolute Gasteiger partial charge is 0.310 e. The molecule has 0 unspecified atom stereocenters. The van der Waals surface area contributed by atoms with Crippen molar-refractivity contribution in [3.8, 4) is 22.3 Å². The maximum absolute atomic E-state index is 2.39. The molecule has 0 aliphatic carbocycles. The van der Waals surface area contributed by atoms with Gasteiger partial charge in [-0.1, -0.05) is 170 Å². The van der Waals surface area contributed by atoms with Crippen molar-refractivity contribution in [2.75, 3.05) is 4.90 Å². The van der Waals surface area contributed by atoms with E-state index in [0.717, 1.165) is 17.1 Å². The molecule has 10 rings (SSSR count). The van der Waals surface area contributed by atoms with E-state index in [1.165, 1.54) is 76.1 Å². The second-order valence-electron chi connectivity index (χ2n) is 13.3. The van der Waals surface area contributed by atoms with Crippen molar-refractivity contribution < 1.29 is 0 Å². The Kier molecular flexibility index (Phi) is 6.89. The van der Waals surface area contributed by atoms with E-state index in [2.05, 4.69) is 205 Å². The summed E-state index contributed by atoms with van der Waals surface area (Å²) in [6, 6.07) is 72.9. The van der Waals surface area contributed by atoms with Gasteiger partial charge in [-0.3, -0.25) is 0 Å². The lowest BCUT2D eigenvalue weighted by atomic mass is 9.89. The van der Waals surface area contributed by atoms with Gasteiger partial charge in [0, 0.05) is 16.8 Å². The van der Waals surface area contributed by atoms with Crippen LogP contribution in [0, 0.1) is 0 Å². The van der Waals surface area contributed by atoms with E-state index in [1.54, 1.807) is 0 Å². The summed E-state index contributed by atoms with van der Waals surface area (Å²) in [5, 5.41) is 12.7. The molecule has 0 saturated carbocycles. The molecular formula is C50H33N. The third-order valence-electron chi connectivity index (χ3n) is 10.4. The van der Waals surface area contributed by atoms with E-state index >= 15 is 0 Å². The third-order valence-corrected chi connectivity index (χ3v) is 10.4. The molecule has 0 aliphatic heterocycles. The number of fused-ring (bicyclic) bond motifs is 8. The highest BCUT2D eigenvalue weighted by molar-refractivity contribution is 6.28. The minimum Gasteiger partial charge on any atom is -0.310 e. The summed E-state index contributed by atoms with van der Waals surface area (Å²) in [5.41, 5.74) is 8.29. The first kappa shape index (κ1) is 29.2. The van der Waals surface area contributed by atoms with Gasteiger partial charge in [0.25, 0.3) is 0 Å². The molecule has 0 aliphatic rings. The number of hydrogen-bond donors (Lipinski definition) is 0. The van der Waals surface area contributed by atoms with Crippen LogP contribution in [0.1, 0.15) is 0 Å². The Morgan fingerprint density at radius 2 is 0.745 bits per heavy atom. The van der Waals surface area contributed by atoms with Crippen molar-refractivity contribution in [3.05, 3.63) is 200 Å². The highest BCUT2D eigenvalue weighted by Gasteiger charge is 2.17. The second-order valence-corrected chi connectivity index (χ2v) is 13.3. The van der Waals surface area contributed by atoms with Gasteiger partial charge in [0.05, 0.1) is 5.69 Å². The van der Waals surface area contributed by atoms with Gasteiger partial charge in [-0.2, -0.15) is 0 Å². The molecule has 51 heavy (non-hydrogen) atoms. The van der Waals surface area contributed by atoms with Gasteiger partial charge in [-0.15, -0.1) is 0 Å². The fraction of sp³-hybridized carbons (Fsp3) is 0. The van der Waals surface area contributed by atoms with E-state index in [-0.39, 0.29) is 0 Å². The van der Waals surface area contributed by atoms with Gasteiger partial charge in [0.2, 0.25) is 0 Å². The molecule has 0 spiro atoms. The fourth-order valence-corrected chi connectivity index (χ4v) is 7.99. The van der Waals surface area contributed by atoms with Gasteiger partial charge in [-0.25, -0.2) is 0 Å². The fourth-order valence-electron chi connectivity index (χ4n) is 7.99. The molecule has 0 bridgehead atoms. The molecule has 0 atom stereocenters. The van der Waals surface area contributed by atoms with E-state index in [1.807, 2.05) is 0 Å². The van der Waals surface area contributed by atoms with Crippen LogP contribution < -0.4 is 4.90 Å². The summed E-state index contributed by atoms with van der Waals surface area (Å²) in [4.78, 5) is 2.39. The van der Waals surface area contributed by atoms with Gasteiger partial charge in [0.1, 0.15) is 0 Å². The average molecular weight is 648 g/mol. The van der Waals surface area contributed by atoms with Crippen molar-refractivity contribution in [1.82, 2.24) is 0 Å². The Balaban J connectivity index is 1.05. The van der Waals surface area contributed by atoms with Gasteiger partial charge >= 0.3 is 0 Å². The number of hydrogen-bond acceptors (Lipinski definition) is 1. The highest BCUT2D eigenvalue weighted by atomic mass is 15.1. The molecule has 0 saturated heterocycles. The number of nitrogens with zero attached hydrogens (tertiary/aromatic N) is 1. The van der Waals surface area contributed by atoms with Crippen LogP contribution in [0.25, 0.3) is 76.1 Å². The zero-order chi connectivity index (χ0) is 33.7. The van der Waals surface area contributed by atoms with Gasteiger partial charge < -0.3 is 4.90 Å². The topological polar surface area (TPSA) is 3.24 Å². The molecular weight excluding hydrogens is 615 g/mol. The SMILES string of the molecule is c1ccc2cc(N(c3ccc(-c4ccc(-c5cccc6c7ccccc7c7ccccc7c56)cc4)cc3)c3cccc4ccccc34)ccc2c1. The van der Waals surface area contributed by atoms with Crippen LogP contribution >= 0.6 is 0 Å². The normalized spacial score (nSPS) is 11.5. The minimum absolute atomic E-state index is 1.12. The van der Waals surface area contributed by atoms with Gasteiger partial charge in [-0.05, 0) is 101 Å². The maximum Gasteiger partial charge on any atom is 0.0540 e. The Hall–Kier alpha value is -6.70. The molecule has 10 aromatic rings. The maximum atomic E-state index is 2.39. The highest BCUT2D eigenvalue weighted by Crippen LogP contribution is 2.42. The average Bonchev–Trinajstić information content (AvgIpc) is 3.21. The third kappa shape index (κ3) is 4.94. The van der Waals surface area contributed by atoms with Crippen LogP contribution in [0.3, 0.4) is 0 Å². The molecule has 0 radical (unpaired) electrons. The van der Waals surface area contributed by atoms with E-state index in [0.29, 0.717) is 0 Å². The van der Waals surface area contributed by atoms with Gasteiger partial charge in [0.15, 0.2) is 0 Å². The van der Waals surface area contributed by atoms with Crippen molar-refractivity contribution in [2.45, 2.75) is 0 Å². The summed E-state index contributed by atoms with van der Waals surface area (Å²) in [6.07, 6.45) is 0. The van der Waals surface area contributed by atoms with Crippen molar-refractivity contribution in [1.29, 1.82) is 0 Å². The Bertz CT molecular complexity index is 2850. The smallest absolute Gasteiger partial charge is 0.0540 e. The lowest BCUT2D eigenvalue weighted by Crippen LogP contribution is -2.10. The number of anilines is 3. The van der Waals surface area contributed by atoms with Crippen LogP contribution in [0.5, 0.6) is 0 Å². The lowest BCUT2D eigenvalue weighted by molar-refractivity contribution is 1.30. The van der Waals surface area contributed by atoms with E-state index in [9.17, 15) is 0 Å². The molecule has 0 heterocycles. The van der Waals surface area contributed by atoms with Crippen LogP contribution in [0.15, 0.2) is 200 Å². The van der Waals surface area contributed by atoms with E-state index in [4.69, 9.17) is 0 Å². The van der Waals surface area contributed by atoms with Crippen LogP contribution in [-0.2, 0) is 0 Å². The Labute approximate surface area is 297 Å². The predicted octanol–water partition coefficient (Wildman–Crippen LogP) is 14.3. The van der Waals surface area contributed by atoms with E-state index < -0.39 is 0 Å². The molecule has 0 fully saturated rings. The molecule has 1 heteroatoms. The van der Waals surface area contributed by atoms with Crippen molar-refractivity contribution in [3.63, 3.8) is 0 Å². The zero-order valence-electron chi connectivity index (χ0n) is 28.0. The second kappa shape index (κ2) is 12.0. The first-order valence-electron chi connectivity index (χ1n) is 17.6. The van der Waals surface area contributed by atoms with Crippen LogP contribution in [-0.4, -0.2) is 0 Å². The summed E-state index contributed by atoms with van der Waals surface area (Å²) < 4.78 is 0. The predicted molar refractivity (Wildman–Crippen MR) is 220 cm³/mol. The van der Waals surface area contributed by atoms with Crippen molar-refractivity contribution in [2.24, 2.45) is 0 Å². The lowest BCUT2D eigenvalue weighted by Gasteiger charge is -2.27. The summed E-state index contributed by atoms with van der Waals surface area (Å²) in [5.74, 6) is 0. The monoisotopic (exact) mass is 647 g/mol. The van der Waals surface area contributed by atoms with Crippen LogP contribution in [0.4, 0.5) is 17.1 Å². The summed E-state index contributed by atoms with van der Waals surface area (Å²) in [7, 11) is 0. The minimum atomic E-state index is 1.12. The quantitative estimate of drug-likeness (QED) is 0.168. The molecule has 0 aromatic heterocycles. The zero-order valence-corrected chi connectivity index (χ0v) is 28.0. The standard InChI is InChI=1S/C50H33N/c1-2-13-39-33-41(32-29-34(39)11-1)51(49-22-9-14-37-12-3-4-15-42(37)49)40-30-27-36(28-31-40)35-23-25-38(26-24-35)43-20-10-21-48-46-17-6-5-16-44(46)45-18-7-8-19-47(45)50(43)48/h1-33H. The van der Waals surface area contributed by atoms with Crippen molar-refractivity contribution >= 4 is 70.9 Å². The molecule has 0 amide bonds. The Morgan fingerprint density at radius 3 is 1.45 bits per heavy atom. The first-order chi connectivity index (χ1) is 25.3. The first-order valence-corrected chi connectivity index (χ1v) is 17.6. The number of benzene rings is 10. The molecule has 1 nitrogen and oxygen atoms in total. The Morgan fingerprint density at radius 1 is 0.275 bits per heavy atom. The molecule has 0 N–H and O–H groups in total. The summed E-state index contributed by atoms with van der Waals surface area (Å²) >= 11 is 0. The summed E-state index contributed by atoms with van der Waals surface area (Å²) in [6.45, 7) is 0. The number of rotatable bonds is 5. The van der Waals surface area contributed by atoms with Crippen LogP contribution in [0.2, 0.25) is 0 Å².